The molecule has 1 aromatic carbocycles. The standard InChI is InChI=1S/C9H7F3N4/c10-9(11,12)6-1-2-7(13)8(3-6)16-5-14-4-15-16/h1-5H,13H2. The molecule has 0 bridgehead atoms. The van der Waals surface area contributed by atoms with Gasteiger partial charge in [-0.2, -0.15) is 18.3 Å². The van der Waals surface area contributed by atoms with E-state index < -0.39 is 11.7 Å². The van der Waals surface area contributed by atoms with Crippen molar-refractivity contribution in [3.63, 3.8) is 0 Å². The summed E-state index contributed by atoms with van der Waals surface area (Å²) in [6.07, 6.45) is -1.89. The number of nitrogens with zero attached hydrogens (tertiary/aromatic N) is 3. The minimum atomic E-state index is -4.40. The van der Waals surface area contributed by atoms with E-state index in [0.29, 0.717) is 0 Å². The molecule has 0 saturated carbocycles. The number of nitrogens with two attached hydrogens (primary N) is 1. The zero-order chi connectivity index (χ0) is 11.8. The minimum Gasteiger partial charge on any atom is -0.397 e. The molecule has 7 heteroatoms. The third-order valence-electron chi connectivity index (χ3n) is 2.02. The van der Waals surface area contributed by atoms with Crippen LogP contribution < -0.4 is 5.73 Å². The van der Waals surface area contributed by atoms with Crippen LogP contribution in [0.25, 0.3) is 5.69 Å². The molecule has 0 spiro atoms. The summed E-state index contributed by atoms with van der Waals surface area (Å²) in [4.78, 5) is 3.65. The number of halogens is 3. The molecule has 2 aromatic rings. The number of nitrogen functional groups attached to an aromatic ring is 1. The number of aromatic nitrogens is 3. The highest BCUT2D eigenvalue weighted by Crippen LogP contribution is 2.32. The number of anilines is 1. The molecule has 0 radical (unpaired) electrons. The van der Waals surface area contributed by atoms with Crippen LogP contribution in [0.4, 0.5) is 18.9 Å². The Hall–Kier alpha value is -2.05. The summed E-state index contributed by atoms with van der Waals surface area (Å²) in [6.45, 7) is 0. The van der Waals surface area contributed by atoms with Gasteiger partial charge < -0.3 is 5.73 Å². The molecule has 0 saturated heterocycles. The highest BCUT2D eigenvalue weighted by atomic mass is 19.4. The van der Waals surface area contributed by atoms with Crippen molar-refractivity contribution in [1.29, 1.82) is 0 Å². The first kappa shape index (κ1) is 10.5. The Labute approximate surface area is 88.5 Å². The summed E-state index contributed by atoms with van der Waals surface area (Å²) in [5.74, 6) is 0. The number of rotatable bonds is 1. The topological polar surface area (TPSA) is 56.7 Å². The average molecular weight is 228 g/mol. The largest absolute Gasteiger partial charge is 0.416 e. The van der Waals surface area contributed by atoms with Gasteiger partial charge in [0.15, 0.2) is 0 Å². The van der Waals surface area contributed by atoms with Crippen molar-refractivity contribution < 1.29 is 13.2 Å². The Morgan fingerprint density at radius 1 is 1.25 bits per heavy atom. The van der Waals surface area contributed by atoms with E-state index in [4.69, 9.17) is 5.73 Å². The van der Waals surface area contributed by atoms with E-state index in [2.05, 4.69) is 10.1 Å². The first-order chi connectivity index (χ1) is 7.48. The van der Waals surface area contributed by atoms with Gasteiger partial charge in [0.25, 0.3) is 0 Å². The fourth-order valence-electron chi connectivity index (χ4n) is 1.25. The van der Waals surface area contributed by atoms with Gasteiger partial charge in [-0.15, -0.1) is 0 Å². The maximum Gasteiger partial charge on any atom is 0.416 e. The molecule has 16 heavy (non-hydrogen) atoms. The fraction of sp³-hybridized carbons (Fsp3) is 0.111. The summed E-state index contributed by atoms with van der Waals surface area (Å²) < 4.78 is 38.6. The van der Waals surface area contributed by atoms with Crippen LogP contribution >= 0.6 is 0 Å². The quantitative estimate of drug-likeness (QED) is 0.758. The maximum atomic E-state index is 12.5. The molecule has 1 aromatic heterocycles. The van der Waals surface area contributed by atoms with E-state index in [0.717, 1.165) is 12.1 Å². The lowest BCUT2D eigenvalue weighted by atomic mass is 10.1. The van der Waals surface area contributed by atoms with Gasteiger partial charge in [-0.25, -0.2) is 9.67 Å². The summed E-state index contributed by atoms with van der Waals surface area (Å²) in [5.41, 5.74) is 5.16. The second-order valence-electron chi connectivity index (χ2n) is 3.11. The molecule has 1 heterocycles. The van der Waals surface area contributed by atoms with Crippen molar-refractivity contribution in [2.45, 2.75) is 6.18 Å². The Kier molecular flexibility index (Phi) is 2.30. The van der Waals surface area contributed by atoms with Crippen molar-refractivity contribution in [2.24, 2.45) is 0 Å². The normalized spacial score (nSPS) is 11.7. The third kappa shape index (κ3) is 1.83. The molecule has 2 N–H and O–H groups in total. The summed E-state index contributed by atoms with van der Waals surface area (Å²) in [6, 6.07) is 3.06. The van der Waals surface area contributed by atoms with E-state index >= 15 is 0 Å². The summed E-state index contributed by atoms with van der Waals surface area (Å²) in [7, 11) is 0. The zero-order valence-corrected chi connectivity index (χ0v) is 7.94. The van der Waals surface area contributed by atoms with Crippen molar-refractivity contribution in [1.82, 2.24) is 14.8 Å². The van der Waals surface area contributed by atoms with E-state index in [9.17, 15) is 13.2 Å². The smallest absolute Gasteiger partial charge is 0.397 e. The van der Waals surface area contributed by atoms with E-state index in [1.54, 1.807) is 0 Å². The van der Waals surface area contributed by atoms with Crippen LogP contribution in [0.1, 0.15) is 5.56 Å². The second kappa shape index (κ2) is 3.51. The minimum absolute atomic E-state index is 0.160. The van der Waals surface area contributed by atoms with Gasteiger partial charge in [-0.3, -0.25) is 0 Å². The molecule has 0 amide bonds. The molecule has 0 aliphatic carbocycles. The van der Waals surface area contributed by atoms with Gasteiger partial charge in [0.1, 0.15) is 12.7 Å². The van der Waals surface area contributed by atoms with Crippen LogP contribution in [0.5, 0.6) is 0 Å². The van der Waals surface area contributed by atoms with Gasteiger partial charge in [0.05, 0.1) is 16.9 Å². The Morgan fingerprint density at radius 2 is 2.00 bits per heavy atom. The van der Waals surface area contributed by atoms with Crippen molar-refractivity contribution in [3.8, 4) is 5.69 Å². The van der Waals surface area contributed by atoms with Crippen LogP contribution in [0.3, 0.4) is 0 Å². The monoisotopic (exact) mass is 228 g/mol. The molecule has 0 aliphatic rings. The average Bonchev–Trinajstić information content (AvgIpc) is 2.69. The Bertz CT molecular complexity index is 490. The Morgan fingerprint density at radius 3 is 2.56 bits per heavy atom. The summed E-state index contributed by atoms with van der Waals surface area (Å²) >= 11 is 0. The van der Waals surface area contributed by atoms with Crippen molar-refractivity contribution >= 4 is 5.69 Å². The lowest BCUT2D eigenvalue weighted by Gasteiger charge is -2.10. The molecule has 84 valence electrons. The highest BCUT2D eigenvalue weighted by molar-refractivity contribution is 5.58. The fourth-order valence-corrected chi connectivity index (χ4v) is 1.25. The number of alkyl halides is 3. The molecular formula is C9H7F3N4. The molecule has 0 atom stereocenters. The van der Waals surface area contributed by atoms with Gasteiger partial charge >= 0.3 is 6.18 Å². The number of hydrogen-bond donors (Lipinski definition) is 1. The highest BCUT2D eigenvalue weighted by Gasteiger charge is 2.31. The van der Waals surface area contributed by atoms with Crippen LogP contribution in [-0.2, 0) is 6.18 Å². The lowest BCUT2D eigenvalue weighted by Crippen LogP contribution is -2.08. The van der Waals surface area contributed by atoms with Crippen LogP contribution in [-0.4, -0.2) is 14.8 Å². The van der Waals surface area contributed by atoms with Crippen molar-refractivity contribution in [2.75, 3.05) is 5.73 Å². The first-order valence-electron chi connectivity index (χ1n) is 4.30. The van der Waals surface area contributed by atoms with Crippen molar-refractivity contribution in [3.05, 3.63) is 36.4 Å². The van der Waals surface area contributed by atoms with E-state index in [-0.39, 0.29) is 11.4 Å². The number of hydrogen-bond acceptors (Lipinski definition) is 3. The molecule has 0 unspecified atom stereocenters. The first-order valence-corrected chi connectivity index (χ1v) is 4.30. The zero-order valence-electron chi connectivity index (χ0n) is 7.94. The Balaban J connectivity index is 2.54. The van der Waals surface area contributed by atoms with Gasteiger partial charge in [-0.1, -0.05) is 0 Å². The predicted octanol–water partition coefficient (Wildman–Crippen LogP) is 1.87. The van der Waals surface area contributed by atoms with Gasteiger partial charge in [-0.05, 0) is 18.2 Å². The SMILES string of the molecule is Nc1ccc(C(F)(F)F)cc1-n1cncn1. The maximum absolute atomic E-state index is 12.5. The van der Waals surface area contributed by atoms with Gasteiger partial charge in [0.2, 0.25) is 0 Å². The molecule has 2 rings (SSSR count). The molecule has 4 nitrogen and oxygen atoms in total. The van der Waals surface area contributed by atoms with Gasteiger partial charge in [0, 0.05) is 0 Å². The molecule has 0 fully saturated rings. The third-order valence-corrected chi connectivity index (χ3v) is 2.02. The second-order valence-corrected chi connectivity index (χ2v) is 3.11. The van der Waals surface area contributed by atoms with Crippen LogP contribution in [0, 0.1) is 0 Å². The van der Waals surface area contributed by atoms with Crippen LogP contribution in [0.15, 0.2) is 30.9 Å². The lowest BCUT2D eigenvalue weighted by molar-refractivity contribution is -0.137. The van der Waals surface area contributed by atoms with E-state index in [1.807, 2.05) is 0 Å². The van der Waals surface area contributed by atoms with E-state index in [1.165, 1.54) is 23.4 Å². The molecule has 0 aliphatic heterocycles. The van der Waals surface area contributed by atoms with Crippen LogP contribution in [0.2, 0.25) is 0 Å². The summed E-state index contributed by atoms with van der Waals surface area (Å²) in [5, 5.41) is 3.73. The number of benzene rings is 1. The predicted molar refractivity (Wildman–Crippen MR) is 50.8 cm³/mol. The molecular weight excluding hydrogens is 221 g/mol.